The molecule has 0 amide bonds. The summed E-state index contributed by atoms with van der Waals surface area (Å²) in [4.78, 5) is 0. The minimum atomic E-state index is -6.13. The van der Waals surface area contributed by atoms with Gasteiger partial charge in [-0.2, -0.15) is 43.9 Å². The molecule has 0 aromatic carbocycles. The third kappa shape index (κ3) is 3.63. The smallest absolute Gasteiger partial charge is 0.362 e. The van der Waals surface area contributed by atoms with Gasteiger partial charge in [0.25, 0.3) is 0 Å². The summed E-state index contributed by atoms with van der Waals surface area (Å²) in [6, 6.07) is 0. The highest BCUT2D eigenvalue weighted by atomic mass is 19.4. The van der Waals surface area contributed by atoms with E-state index < -0.39 is 36.4 Å². The quantitative estimate of drug-likeness (QED) is 0.708. The van der Waals surface area contributed by atoms with Crippen LogP contribution in [-0.2, 0) is 4.74 Å². The summed E-state index contributed by atoms with van der Waals surface area (Å²) >= 11 is 0. The molecule has 0 aromatic rings. The van der Waals surface area contributed by atoms with Crippen LogP contribution in [0.4, 0.5) is 43.9 Å². The maximum Gasteiger partial charge on any atom is 0.456 e. The van der Waals surface area contributed by atoms with E-state index in [9.17, 15) is 43.9 Å². The van der Waals surface area contributed by atoms with Crippen LogP contribution < -0.4 is 0 Å². The monoisotopic (exact) mass is 310 g/mol. The molecule has 0 spiro atoms. The Balaban J connectivity index is 4.99. The van der Waals surface area contributed by atoms with Crippen molar-refractivity contribution in [3.63, 3.8) is 0 Å². The lowest BCUT2D eigenvalue weighted by Gasteiger charge is -2.32. The highest BCUT2D eigenvalue weighted by Gasteiger charge is 2.65. The lowest BCUT2D eigenvalue weighted by atomic mass is 10.1. The second kappa shape index (κ2) is 4.98. The van der Waals surface area contributed by atoms with Gasteiger partial charge < -0.3 is 4.74 Å². The van der Waals surface area contributed by atoms with E-state index >= 15 is 0 Å². The van der Waals surface area contributed by atoms with Crippen molar-refractivity contribution < 1.29 is 48.6 Å². The fourth-order valence-corrected chi connectivity index (χ4v) is 0.938. The summed E-state index contributed by atoms with van der Waals surface area (Å²) in [6.07, 6.45) is -18.6. The van der Waals surface area contributed by atoms with Gasteiger partial charge in [-0.3, -0.25) is 0 Å². The first-order chi connectivity index (χ1) is 8.05. The number of halogens is 10. The van der Waals surface area contributed by atoms with Crippen molar-refractivity contribution in [2.24, 2.45) is 0 Å². The van der Waals surface area contributed by atoms with Gasteiger partial charge in [0.05, 0.1) is 0 Å². The minimum absolute atomic E-state index is 0.0520. The van der Waals surface area contributed by atoms with Gasteiger partial charge in [0.15, 0.2) is 0 Å². The lowest BCUT2D eigenvalue weighted by molar-refractivity contribution is -0.352. The van der Waals surface area contributed by atoms with E-state index in [0.717, 1.165) is 0 Å². The van der Waals surface area contributed by atoms with E-state index in [-0.39, 0.29) is 13.8 Å². The molecule has 0 radical (unpaired) electrons. The fraction of sp³-hybridized carbons (Fsp3) is 1.00. The highest BCUT2D eigenvalue weighted by molar-refractivity contribution is 4.87. The SMILES string of the molecule is CC(OC(C)C(F)(F)C(F)(F)F)C(F)(F)C(F)(F)F. The Morgan fingerprint density at radius 1 is 0.579 bits per heavy atom. The summed E-state index contributed by atoms with van der Waals surface area (Å²) in [5.74, 6) is -11.1. The molecule has 2 atom stereocenters. The second-order valence-electron chi connectivity index (χ2n) is 3.66. The van der Waals surface area contributed by atoms with Crippen molar-refractivity contribution in [2.75, 3.05) is 0 Å². The first-order valence-corrected chi connectivity index (χ1v) is 4.59. The third-order valence-corrected chi connectivity index (χ3v) is 2.19. The largest absolute Gasteiger partial charge is 0.456 e. The molecular weight excluding hydrogens is 302 g/mol. The Kier molecular flexibility index (Phi) is 4.79. The van der Waals surface area contributed by atoms with Crippen molar-refractivity contribution in [2.45, 2.75) is 50.3 Å². The predicted molar refractivity (Wildman–Crippen MR) is 42.0 cm³/mol. The molecule has 116 valence electrons. The Morgan fingerprint density at radius 2 is 0.789 bits per heavy atom. The minimum Gasteiger partial charge on any atom is -0.362 e. The van der Waals surface area contributed by atoms with Gasteiger partial charge >= 0.3 is 24.2 Å². The van der Waals surface area contributed by atoms with Gasteiger partial charge in [0, 0.05) is 0 Å². The Hall–Kier alpha value is -0.740. The van der Waals surface area contributed by atoms with E-state index in [0.29, 0.717) is 0 Å². The highest BCUT2D eigenvalue weighted by Crippen LogP contribution is 2.43. The van der Waals surface area contributed by atoms with Crippen molar-refractivity contribution in [1.29, 1.82) is 0 Å². The molecule has 0 rings (SSSR count). The van der Waals surface area contributed by atoms with Gasteiger partial charge in [-0.15, -0.1) is 0 Å². The molecule has 0 bridgehead atoms. The van der Waals surface area contributed by atoms with Crippen LogP contribution >= 0.6 is 0 Å². The van der Waals surface area contributed by atoms with Crippen molar-refractivity contribution in [3.8, 4) is 0 Å². The van der Waals surface area contributed by atoms with Gasteiger partial charge in [0.2, 0.25) is 0 Å². The molecule has 0 N–H and O–H groups in total. The summed E-state index contributed by atoms with van der Waals surface area (Å²) < 4.78 is 125. The summed E-state index contributed by atoms with van der Waals surface area (Å²) in [6.45, 7) is 0.104. The van der Waals surface area contributed by atoms with Crippen molar-refractivity contribution >= 4 is 0 Å². The molecule has 0 aliphatic rings. The first kappa shape index (κ1) is 18.3. The zero-order chi connectivity index (χ0) is 15.9. The summed E-state index contributed by atoms with van der Waals surface area (Å²) in [7, 11) is 0. The standard InChI is InChI=1S/C8H8F10O/c1-3(5(9,10)7(13,14)15)19-4(2)6(11,12)8(16,17)18/h3-4H,1-2H3. The number of hydrogen-bond donors (Lipinski definition) is 0. The van der Waals surface area contributed by atoms with E-state index in [2.05, 4.69) is 4.74 Å². The van der Waals surface area contributed by atoms with E-state index in [4.69, 9.17) is 0 Å². The number of ether oxygens (including phenoxy) is 1. The van der Waals surface area contributed by atoms with Crippen LogP contribution in [0.3, 0.4) is 0 Å². The predicted octanol–water partition coefficient (Wildman–Crippen LogP) is 4.18. The van der Waals surface area contributed by atoms with Crippen molar-refractivity contribution in [1.82, 2.24) is 0 Å². The molecule has 0 fully saturated rings. The molecule has 0 aliphatic carbocycles. The Morgan fingerprint density at radius 3 is 0.947 bits per heavy atom. The summed E-state index contributed by atoms with van der Waals surface area (Å²) in [5.41, 5.74) is 0. The van der Waals surface area contributed by atoms with Gasteiger partial charge in [-0.1, -0.05) is 0 Å². The van der Waals surface area contributed by atoms with Gasteiger partial charge in [0.1, 0.15) is 12.2 Å². The Bertz CT molecular complexity index is 274. The first-order valence-electron chi connectivity index (χ1n) is 4.59. The van der Waals surface area contributed by atoms with E-state index in [1.807, 2.05) is 0 Å². The van der Waals surface area contributed by atoms with Crippen LogP contribution in [0.15, 0.2) is 0 Å². The van der Waals surface area contributed by atoms with E-state index in [1.165, 1.54) is 0 Å². The zero-order valence-corrected chi connectivity index (χ0v) is 9.34. The lowest BCUT2D eigenvalue weighted by Crippen LogP contribution is -2.53. The normalized spacial score (nSPS) is 18.3. The van der Waals surface area contributed by atoms with Crippen LogP contribution in [0.5, 0.6) is 0 Å². The average Bonchev–Trinajstić information content (AvgIpc) is 2.13. The van der Waals surface area contributed by atoms with Gasteiger partial charge in [-0.05, 0) is 13.8 Å². The molecule has 19 heavy (non-hydrogen) atoms. The molecule has 0 aliphatic heterocycles. The van der Waals surface area contributed by atoms with Crippen LogP contribution in [0.25, 0.3) is 0 Å². The molecule has 0 saturated carbocycles. The molecular formula is C8H8F10O. The number of hydrogen-bond acceptors (Lipinski definition) is 1. The summed E-state index contributed by atoms with van der Waals surface area (Å²) in [5, 5.41) is 0. The topological polar surface area (TPSA) is 9.23 Å². The average molecular weight is 310 g/mol. The maximum atomic E-state index is 12.6. The fourth-order valence-electron chi connectivity index (χ4n) is 0.938. The molecule has 11 heteroatoms. The molecule has 0 heterocycles. The van der Waals surface area contributed by atoms with Crippen LogP contribution in [0, 0.1) is 0 Å². The van der Waals surface area contributed by atoms with Crippen LogP contribution in [0.1, 0.15) is 13.8 Å². The Labute approximate surface area is 100 Å². The molecule has 0 aromatic heterocycles. The maximum absolute atomic E-state index is 12.6. The van der Waals surface area contributed by atoms with Crippen LogP contribution in [0.2, 0.25) is 0 Å². The molecule has 2 unspecified atom stereocenters. The van der Waals surface area contributed by atoms with Crippen LogP contribution in [-0.4, -0.2) is 36.4 Å². The van der Waals surface area contributed by atoms with Crippen molar-refractivity contribution in [3.05, 3.63) is 0 Å². The van der Waals surface area contributed by atoms with Gasteiger partial charge in [-0.25, -0.2) is 0 Å². The zero-order valence-electron chi connectivity index (χ0n) is 9.34. The number of rotatable bonds is 4. The van der Waals surface area contributed by atoms with E-state index in [1.54, 1.807) is 0 Å². The molecule has 0 saturated heterocycles. The molecule has 1 nitrogen and oxygen atoms in total. The third-order valence-electron chi connectivity index (χ3n) is 2.19. The second-order valence-corrected chi connectivity index (χ2v) is 3.66. The number of alkyl halides is 10.